The lowest BCUT2D eigenvalue weighted by molar-refractivity contribution is -0.138. The van der Waals surface area contributed by atoms with E-state index in [9.17, 15) is 9.90 Å². The molecule has 0 aromatic heterocycles. The molecular formula is C15H17BrO4. The highest BCUT2D eigenvalue weighted by Crippen LogP contribution is 2.51. The summed E-state index contributed by atoms with van der Waals surface area (Å²) in [5.41, 5.74) is 2.81. The number of halogens is 1. The third-order valence-electron chi connectivity index (χ3n) is 4.01. The summed E-state index contributed by atoms with van der Waals surface area (Å²) in [7, 11) is 0. The van der Waals surface area contributed by atoms with Crippen LogP contribution in [0, 0.1) is 0 Å². The maximum absolute atomic E-state index is 11.4. The highest BCUT2D eigenvalue weighted by atomic mass is 79.9. The predicted octanol–water partition coefficient (Wildman–Crippen LogP) is 3.28. The van der Waals surface area contributed by atoms with Gasteiger partial charge in [-0.1, -0.05) is 0 Å². The van der Waals surface area contributed by atoms with Gasteiger partial charge in [0.2, 0.25) is 0 Å². The van der Waals surface area contributed by atoms with Crippen molar-refractivity contribution in [3.05, 3.63) is 21.2 Å². The van der Waals surface area contributed by atoms with Crippen LogP contribution in [0.25, 0.3) is 0 Å². The quantitative estimate of drug-likeness (QED) is 0.897. The lowest BCUT2D eigenvalue weighted by Crippen LogP contribution is -2.13. The van der Waals surface area contributed by atoms with E-state index in [4.69, 9.17) is 9.47 Å². The first-order chi connectivity index (χ1) is 9.40. The second kappa shape index (κ2) is 4.65. The van der Waals surface area contributed by atoms with Gasteiger partial charge in [-0.3, -0.25) is 4.79 Å². The van der Waals surface area contributed by atoms with Crippen LogP contribution >= 0.6 is 15.9 Å². The smallest absolute Gasteiger partial charge is 0.310 e. The van der Waals surface area contributed by atoms with Crippen LogP contribution in [0.2, 0.25) is 0 Å². The van der Waals surface area contributed by atoms with Crippen molar-refractivity contribution in [2.75, 3.05) is 0 Å². The van der Waals surface area contributed by atoms with E-state index in [1.165, 1.54) is 0 Å². The molecule has 1 aromatic carbocycles. The van der Waals surface area contributed by atoms with Gasteiger partial charge in [-0.25, -0.2) is 0 Å². The Morgan fingerprint density at radius 3 is 2.35 bits per heavy atom. The molecular weight excluding hydrogens is 324 g/mol. The molecule has 2 aliphatic heterocycles. The Kier molecular flexibility index (Phi) is 3.20. The average molecular weight is 341 g/mol. The van der Waals surface area contributed by atoms with Crippen LogP contribution in [0.15, 0.2) is 4.47 Å². The average Bonchev–Trinajstić information content (AvgIpc) is 2.92. The molecule has 108 valence electrons. The SMILES string of the molecule is CC1Cc2c(c(Br)c3c(c2C(C)C(=O)O)OC(C)C3)O1. The van der Waals surface area contributed by atoms with Gasteiger partial charge in [-0.05, 0) is 36.7 Å². The molecule has 3 unspecified atom stereocenters. The number of fused-ring (bicyclic) bond motifs is 2. The summed E-state index contributed by atoms with van der Waals surface area (Å²) in [5, 5.41) is 9.39. The molecule has 0 saturated heterocycles. The summed E-state index contributed by atoms with van der Waals surface area (Å²) in [6.45, 7) is 5.70. The lowest BCUT2D eigenvalue weighted by Gasteiger charge is -2.17. The van der Waals surface area contributed by atoms with Crippen LogP contribution < -0.4 is 9.47 Å². The van der Waals surface area contributed by atoms with E-state index in [0.29, 0.717) is 0 Å². The normalized spacial score (nSPS) is 24.6. The third kappa shape index (κ3) is 1.91. The first-order valence-electron chi connectivity index (χ1n) is 6.83. The monoisotopic (exact) mass is 340 g/mol. The van der Waals surface area contributed by atoms with Crippen LogP contribution in [0.5, 0.6) is 11.5 Å². The molecule has 0 amide bonds. The van der Waals surface area contributed by atoms with E-state index in [0.717, 1.165) is 45.5 Å². The molecule has 20 heavy (non-hydrogen) atoms. The van der Waals surface area contributed by atoms with Crippen molar-refractivity contribution in [2.45, 2.75) is 51.7 Å². The zero-order valence-corrected chi connectivity index (χ0v) is 13.3. The number of carboxylic acid groups (broad SMARTS) is 1. The molecule has 0 spiro atoms. The molecule has 0 fully saturated rings. The summed E-state index contributed by atoms with van der Waals surface area (Å²) in [5.74, 6) is 0.122. The van der Waals surface area contributed by atoms with E-state index >= 15 is 0 Å². The van der Waals surface area contributed by atoms with Crippen molar-refractivity contribution in [3.8, 4) is 11.5 Å². The van der Waals surface area contributed by atoms with Crippen LogP contribution in [0.3, 0.4) is 0 Å². The minimum absolute atomic E-state index is 0.0704. The Morgan fingerprint density at radius 2 is 1.75 bits per heavy atom. The number of hydrogen-bond acceptors (Lipinski definition) is 3. The van der Waals surface area contributed by atoms with E-state index in [-0.39, 0.29) is 12.2 Å². The molecule has 0 saturated carbocycles. The van der Waals surface area contributed by atoms with Gasteiger partial charge in [0.25, 0.3) is 0 Å². The van der Waals surface area contributed by atoms with Crippen molar-refractivity contribution in [1.29, 1.82) is 0 Å². The maximum atomic E-state index is 11.4. The Labute approximate surface area is 126 Å². The minimum atomic E-state index is -0.834. The molecule has 5 heteroatoms. The van der Waals surface area contributed by atoms with Gasteiger partial charge in [0, 0.05) is 29.5 Å². The Balaban J connectivity index is 2.25. The number of ether oxygens (including phenoxy) is 2. The number of aliphatic carboxylic acids is 1. The number of rotatable bonds is 2. The zero-order chi connectivity index (χ0) is 14.6. The fourth-order valence-corrected chi connectivity index (χ4v) is 3.75. The number of hydrogen-bond donors (Lipinski definition) is 1. The molecule has 0 aliphatic carbocycles. The van der Waals surface area contributed by atoms with Crippen molar-refractivity contribution in [2.24, 2.45) is 0 Å². The van der Waals surface area contributed by atoms with Gasteiger partial charge < -0.3 is 14.6 Å². The summed E-state index contributed by atoms with van der Waals surface area (Å²) in [6, 6.07) is 0. The van der Waals surface area contributed by atoms with Crippen LogP contribution in [-0.2, 0) is 17.6 Å². The second-order valence-electron chi connectivity index (χ2n) is 5.67. The summed E-state index contributed by atoms with van der Waals surface area (Å²) in [6.07, 6.45) is 1.65. The molecule has 1 aromatic rings. The van der Waals surface area contributed by atoms with Gasteiger partial charge >= 0.3 is 5.97 Å². The summed E-state index contributed by atoms with van der Waals surface area (Å²) in [4.78, 5) is 11.4. The summed E-state index contributed by atoms with van der Waals surface area (Å²) >= 11 is 3.61. The van der Waals surface area contributed by atoms with Crippen LogP contribution in [0.4, 0.5) is 0 Å². The Hall–Kier alpha value is -1.23. The van der Waals surface area contributed by atoms with E-state index < -0.39 is 11.9 Å². The number of carbonyl (C=O) groups is 1. The van der Waals surface area contributed by atoms with E-state index in [1.54, 1.807) is 6.92 Å². The lowest BCUT2D eigenvalue weighted by atomic mass is 9.90. The zero-order valence-electron chi connectivity index (χ0n) is 11.7. The highest BCUT2D eigenvalue weighted by molar-refractivity contribution is 9.10. The molecule has 2 heterocycles. The third-order valence-corrected chi connectivity index (χ3v) is 4.85. The second-order valence-corrected chi connectivity index (χ2v) is 6.46. The molecule has 4 nitrogen and oxygen atoms in total. The van der Waals surface area contributed by atoms with Gasteiger partial charge in [0.1, 0.15) is 23.7 Å². The van der Waals surface area contributed by atoms with Crippen LogP contribution in [0.1, 0.15) is 43.4 Å². The fourth-order valence-electron chi connectivity index (χ4n) is 3.08. The number of benzene rings is 1. The van der Waals surface area contributed by atoms with E-state index in [2.05, 4.69) is 15.9 Å². The first-order valence-corrected chi connectivity index (χ1v) is 7.62. The van der Waals surface area contributed by atoms with Crippen molar-refractivity contribution >= 4 is 21.9 Å². The van der Waals surface area contributed by atoms with Crippen LogP contribution in [-0.4, -0.2) is 23.3 Å². The van der Waals surface area contributed by atoms with Gasteiger partial charge in [-0.15, -0.1) is 0 Å². The molecule has 3 rings (SSSR count). The van der Waals surface area contributed by atoms with Crippen molar-refractivity contribution in [3.63, 3.8) is 0 Å². The standard InChI is InChI=1S/C15H17BrO4/c1-6-4-9-11(8(3)15(17)18)13-10(5-7(2)19-13)12(16)14(9)20-6/h6-8H,4-5H2,1-3H3,(H,17,18). The minimum Gasteiger partial charge on any atom is -0.490 e. The van der Waals surface area contributed by atoms with Gasteiger partial charge in [0.15, 0.2) is 0 Å². The molecule has 0 radical (unpaired) electrons. The Morgan fingerprint density at radius 1 is 1.20 bits per heavy atom. The molecule has 1 N–H and O–H groups in total. The largest absolute Gasteiger partial charge is 0.490 e. The topological polar surface area (TPSA) is 55.8 Å². The first kappa shape index (κ1) is 13.7. The van der Waals surface area contributed by atoms with Gasteiger partial charge in [0.05, 0.1) is 10.4 Å². The molecule has 2 aliphatic rings. The van der Waals surface area contributed by atoms with Crippen molar-refractivity contribution < 1.29 is 19.4 Å². The van der Waals surface area contributed by atoms with Crippen molar-refractivity contribution in [1.82, 2.24) is 0 Å². The predicted molar refractivity (Wildman–Crippen MR) is 77.8 cm³/mol. The van der Waals surface area contributed by atoms with Gasteiger partial charge in [-0.2, -0.15) is 0 Å². The maximum Gasteiger partial charge on any atom is 0.310 e. The number of carboxylic acids is 1. The highest BCUT2D eigenvalue weighted by Gasteiger charge is 2.37. The Bertz CT molecular complexity index is 557. The molecule has 0 bridgehead atoms. The van der Waals surface area contributed by atoms with E-state index in [1.807, 2.05) is 13.8 Å². The molecule has 3 atom stereocenters. The fraction of sp³-hybridized carbons (Fsp3) is 0.533. The summed E-state index contributed by atoms with van der Waals surface area (Å²) < 4.78 is 12.7.